The summed E-state index contributed by atoms with van der Waals surface area (Å²) in [6.07, 6.45) is 0. The monoisotopic (exact) mass is 335 g/mol. The summed E-state index contributed by atoms with van der Waals surface area (Å²) in [4.78, 5) is 12.5. The molecule has 0 unspecified atom stereocenters. The van der Waals surface area contributed by atoms with E-state index in [4.69, 9.17) is 18.9 Å². The molecule has 2 aromatic carbocycles. The second kappa shape index (κ2) is 7.54. The average Bonchev–Trinajstić information content (AvgIpc) is 2.60. The number of hydrogen-bond acceptors (Lipinski definition) is 5. The van der Waals surface area contributed by atoms with Gasteiger partial charge < -0.3 is 24.3 Å². The zero-order valence-electron chi connectivity index (χ0n) is 13.8. The molecule has 1 amide bonds. The highest BCUT2D eigenvalue weighted by Gasteiger charge is 2.18. The van der Waals surface area contributed by atoms with E-state index in [1.807, 2.05) is 0 Å². The van der Waals surface area contributed by atoms with Crippen LogP contribution < -0.4 is 24.3 Å². The van der Waals surface area contributed by atoms with Crippen molar-refractivity contribution in [3.63, 3.8) is 0 Å². The lowest BCUT2D eigenvalue weighted by Crippen LogP contribution is -2.13. The lowest BCUT2D eigenvalue weighted by atomic mass is 10.1. The van der Waals surface area contributed by atoms with Crippen molar-refractivity contribution >= 4 is 11.6 Å². The van der Waals surface area contributed by atoms with E-state index >= 15 is 0 Å². The smallest absolute Gasteiger partial charge is 0.256 e. The second-order valence-electron chi connectivity index (χ2n) is 4.71. The van der Waals surface area contributed by atoms with Crippen molar-refractivity contribution in [3.05, 3.63) is 41.7 Å². The SMILES string of the molecule is COc1ccc(F)cc1NC(=O)c1cc(OC)c(OC)c(OC)c1. The molecule has 0 aromatic heterocycles. The molecule has 2 rings (SSSR count). The molecule has 0 fully saturated rings. The molecule has 128 valence electrons. The highest BCUT2D eigenvalue weighted by molar-refractivity contribution is 6.05. The van der Waals surface area contributed by atoms with Crippen LogP contribution in [-0.4, -0.2) is 34.3 Å². The molecule has 0 aliphatic carbocycles. The molecule has 0 radical (unpaired) electrons. The third-order valence-electron chi connectivity index (χ3n) is 3.34. The molecular weight excluding hydrogens is 317 g/mol. The third kappa shape index (κ3) is 3.51. The quantitative estimate of drug-likeness (QED) is 0.879. The van der Waals surface area contributed by atoms with Gasteiger partial charge in [0.25, 0.3) is 5.91 Å². The first kappa shape index (κ1) is 17.4. The van der Waals surface area contributed by atoms with E-state index in [1.54, 1.807) is 0 Å². The van der Waals surface area contributed by atoms with E-state index in [0.717, 1.165) is 0 Å². The summed E-state index contributed by atoms with van der Waals surface area (Å²) in [5.41, 5.74) is 0.479. The Hall–Kier alpha value is -2.96. The van der Waals surface area contributed by atoms with Crippen LogP contribution in [-0.2, 0) is 0 Å². The molecule has 0 atom stereocenters. The Morgan fingerprint density at radius 2 is 1.46 bits per heavy atom. The predicted octanol–water partition coefficient (Wildman–Crippen LogP) is 3.11. The van der Waals surface area contributed by atoms with E-state index in [2.05, 4.69) is 5.32 Å². The number of carbonyl (C=O) groups is 1. The summed E-state index contributed by atoms with van der Waals surface area (Å²) in [7, 11) is 5.81. The maximum absolute atomic E-state index is 13.4. The Labute approximate surface area is 139 Å². The maximum Gasteiger partial charge on any atom is 0.256 e. The van der Waals surface area contributed by atoms with Gasteiger partial charge in [0.1, 0.15) is 11.6 Å². The molecular formula is C17H18FNO5. The van der Waals surface area contributed by atoms with Gasteiger partial charge in [-0.15, -0.1) is 0 Å². The second-order valence-corrected chi connectivity index (χ2v) is 4.71. The van der Waals surface area contributed by atoms with Crippen molar-refractivity contribution in [3.8, 4) is 23.0 Å². The van der Waals surface area contributed by atoms with Gasteiger partial charge in [0.05, 0.1) is 34.1 Å². The van der Waals surface area contributed by atoms with E-state index in [1.165, 1.54) is 58.8 Å². The molecule has 2 aromatic rings. The highest BCUT2D eigenvalue weighted by atomic mass is 19.1. The van der Waals surface area contributed by atoms with E-state index < -0.39 is 11.7 Å². The van der Waals surface area contributed by atoms with Crippen molar-refractivity contribution < 1.29 is 28.1 Å². The van der Waals surface area contributed by atoms with Crippen LogP contribution in [0.25, 0.3) is 0 Å². The largest absolute Gasteiger partial charge is 0.495 e. The number of carbonyl (C=O) groups excluding carboxylic acids is 1. The van der Waals surface area contributed by atoms with Crippen molar-refractivity contribution in [1.82, 2.24) is 0 Å². The van der Waals surface area contributed by atoms with Gasteiger partial charge in [-0.25, -0.2) is 4.39 Å². The molecule has 24 heavy (non-hydrogen) atoms. The average molecular weight is 335 g/mol. The molecule has 1 N–H and O–H groups in total. The summed E-state index contributed by atoms with van der Waals surface area (Å²) in [5.74, 6) is 0.438. The topological polar surface area (TPSA) is 66.0 Å². The Morgan fingerprint density at radius 1 is 0.875 bits per heavy atom. The standard InChI is InChI=1S/C17H18FNO5/c1-21-13-6-5-11(18)9-12(13)19-17(20)10-7-14(22-2)16(24-4)15(8-10)23-3/h5-9H,1-4H3,(H,19,20). The fourth-order valence-electron chi connectivity index (χ4n) is 2.18. The maximum atomic E-state index is 13.4. The number of hydrogen-bond donors (Lipinski definition) is 1. The van der Waals surface area contributed by atoms with Gasteiger partial charge in [0, 0.05) is 11.6 Å². The normalized spacial score (nSPS) is 10.0. The van der Waals surface area contributed by atoms with Gasteiger partial charge in [-0.2, -0.15) is 0 Å². The highest BCUT2D eigenvalue weighted by Crippen LogP contribution is 2.38. The third-order valence-corrected chi connectivity index (χ3v) is 3.34. The number of halogens is 1. The van der Waals surface area contributed by atoms with Gasteiger partial charge in [-0.3, -0.25) is 4.79 Å². The lowest BCUT2D eigenvalue weighted by Gasteiger charge is -2.15. The Morgan fingerprint density at radius 3 is 1.96 bits per heavy atom. The minimum absolute atomic E-state index is 0.219. The summed E-state index contributed by atoms with van der Waals surface area (Å²) < 4.78 is 34.2. The van der Waals surface area contributed by atoms with Crippen molar-refractivity contribution in [2.24, 2.45) is 0 Å². The number of anilines is 1. The molecule has 0 saturated heterocycles. The molecule has 0 heterocycles. The molecule has 0 saturated carbocycles. The van der Waals surface area contributed by atoms with E-state index in [-0.39, 0.29) is 11.3 Å². The van der Waals surface area contributed by atoms with Crippen LogP contribution in [0.3, 0.4) is 0 Å². The number of ether oxygens (including phenoxy) is 4. The lowest BCUT2D eigenvalue weighted by molar-refractivity contribution is 0.102. The molecule has 7 heteroatoms. The molecule has 0 bridgehead atoms. The number of benzene rings is 2. The molecule has 6 nitrogen and oxygen atoms in total. The minimum atomic E-state index is -0.490. The Balaban J connectivity index is 2.38. The first-order valence-corrected chi connectivity index (χ1v) is 6.99. The summed E-state index contributed by atoms with van der Waals surface area (Å²) in [6.45, 7) is 0. The number of rotatable bonds is 6. The van der Waals surface area contributed by atoms with E-state index in [9.17, 15) is 9.18 Å². The zero-order valence-corrected chi connectivity index (χ0v) is 13.8. The first-order valence-electron chi connectivity index (χ1n) is 6.99. The van der Waals surface area contributed by atoms with E-state index in [0.29, 0.717) is 23.0 Å². The molecule has 0 spiro atoms. The Kier molecular flexibility index (Phi) is 5.47. The summed E-state index contributed by atoms with van der Waals surface area (Å²) >= 11 is 0. The number of amides is 1. The van der Waals surface area contributed by atoms with Crippen LogP contribution in [0.5, 0.6) is 23.0 Å². The number of methoxy groups -OCH3 is 4. The zero-order chi connectivity index (χ0) is 17.7. The molecule has 0 aliphatic heterocycles. The van der Waals surface area contributed by atoms with Crippen molar-refractivity contribution in [2.45, 2.75) is 0 Å². The van der Waals surface area contributed by atoms with Gasteiger partial charge in [-0.05, 0) is 24.3 Å². The van der Waals surface area contributed by atoms with Crippen LogP contribution in [0.2, 0.25) is 0 Å². The minimum Gasteiger partial charge on any atom is -0.495 e. The fourth-order valence-corrected chi connectivity index (χ4v) is 2.18. The van der Waals surface area contributed by atoms with Gasteiger partial charge in [0.2, 0.25) is 5.75 Å². The van der Waals surface area contributed by atoms with Gasteiger partial charge >= 0.3 is 0 Å². The predicted molar refractivity (Wildman–Crippen MR) is 87.0 cm³/mol. The van der Waals surface area contributed by atoms with Crippen LogP contribution in [0.4, 0.5) is 10.1 Å². The molecule has 0 aliphatic rings. The van der Waals surface area contributed by atoms with Crippen LogP contribution in [0, 0.1) is 5.82 Å². The summed E-state index contributed by atoms with van der Waals surface area (Å²) in [6, 6.07) is 6.85. The van der Waals surface area contributed by atoms with Crippen molar-refractivity contribution in [1.29, 1.82) is 0 Å². The van der Waals surface area contributed by atoms with Gasteiger partial charge in [-0.1, -0.05) is 0 Å². The van der Waals surface area contributed by atoms with Crippen LogP contribution in [0.1, 0.15) is 10.4 Å². The van der Waals surface area contributed by atoms with Crippen LogP contribution >= 0.6 is 0 Å². The Bertz CT molecular complexity index is 723. The fraction of sp³-hybridized carbons (Fsp3) is 0.235. The number of nitrogens with one attached hydrogen (secondary N) is 1. The first-order chi connectivity index (χ1) is 11.5. The van der Waals surface area contributed by atoms with Crippen molar-refractivity contribution in [2.75, 3.05) is 33.8 Å². The van der Waals surface area contributed by atoms with Gasteiger partial charge in [0.15, 0.2) is 11.5 Å². The van der Waals surface area contributed by atoms with Crippen LogP contribution in [0.15, 0.2) is 30.3 Å². The summed E-state index contributed by atoms with van der Waals surface area (Å²) in [5, 5.41) is 2.60.